The van der Waals surface area contributed by atoms with Crippen LogP contribution >= 0.6 is 34.1 Å². The lowest BCUT2D eigenvalue weighted by Gasteiger charge is -2.18. The molecule has 14 heavy (non-hydrogen) atoms. The summed E-state index contributed by atoms with van der Waals surface area (Å²) in [5.74, 6) is 0. The molecule has 0 aliphatic heterocycles. The topological polar surface area (TPSA) is 64.1 Å². The average Bonchev–Trinajstić information content (AvgIpc) is 2.30. The fourth-order valence-electron chi connectivity index (χ4n) is 0.647. The number of halogens is 1. The van der Waals surface area contributed by atoms with Gasteiger partial charge >= 0.3 is 6.09 Å². The lowest BCUT2D eigenvalue weighted by molar-refractivity contribution is 0.0636. The Morgan fingerprint density at radius 3 is 2.64 bits per heavy atom. The van der Waals surface area contributed by atoms with E-state index in [0.29, 0.717) is 8.96 Å². The number of carbonyl (C=O) groups excluding carboxylic acids is 1. The number of nitrogens with zero attached hydrogens (tertiary/aromatic N) is 2. The van der Waals surface area contributed by atoms with Crippen LogP contribution in [-0.2, 0) is 4.74 Å². The average molecular weight is 327 g/mol. The Bertz CT molecular complexity index is 334. The minimum Gasteiger partial charge on any atom is -0.444 e. The van der Waals surface area contributed by atoms with Gasteiger partial charge in [0.1, 0.15) is 5.60 Å². The van der Waals surface area contributed by atoms with Crippen molar-refractivity contribution in [3.05, 3.63) is 3.83 Å². The van der Waals surface area contributed by atoms with Crippen molar-refractivity contribution in [3.8, 4) is 0 Å². The van der Waals surface area contributed by atoms with Crippen LogP contribution in [-0.4, -0.2) is 21.1 Å². The highest BCUT2D eigenvalue weighted by atomic mass is 127. The summed E-state index contributed by atoms with van der Waals surface area (Å²) in [6.07, 6.45) is -0.509. The molecule has 0 unspecified atom stereocenters. The van der Waals surface area contributed by atoms with Crippen molar-refractivity contribution in [2.75, 3.05) is 5.32 Å². The minimum absolute atomic E-state index is 0.448. The minimum atomic E-state index is -0.509. The standard InChI is InChI=1S/C7H10IN3O2S/c1-7(2,3)13-6(12)10-5-9-4(8)11-14-5/h1-3H3,(H,9,10,11,12). The van der Waals surface area contributed by atoms with E-state index in [1.54, 1.807) is 20.8 Å². The summed E-state index contributed by atoms with van der Waals surface area (Å²) in [6, 6.07) is 0. The number of nitrogens with one attached hydrogen (secondary N) is 1. The molecule has 0 aromatic carbocycles. The molecule has 7 heteroatoms. The van der Waals surface area contributed by atoms with E-state index in [-0.39, 0.29) is 0 Å². The lowest BCUT2D eigenvalue weighted by Crippen LogP contribution is -2.27. The molecule has 0 saturated heterocycles. The first-order valence-electron chi connectivity index (χ1n) is 3.86. The van der Waals surface area contributed by atoms with Crippen LogP contribution in [0, 0.1) is 3.83 Å². The van der Waals surface area contributed by atoms with Crippen LogP contribution in [0.15, 0.2) is 0 Å². The van der Waals surface area contributed by atoms with E-state index in [0.717, 1.165) is 11.5 Å². The van der Waals surface area contributed by atoms with Crippen molar-refractivity contribution in [1.82, 2.24) is 9.36 Å². The van der Waals surface area contributed by atoms with E-state index >= 15 is 0 Å². The summed E-state index contributed by atoms with van der Waals surface area (Å²) in [5, 5.41) is 2.95. The van der Waals surface area contributed by atoms with Gasteiger partial charge in [0.15, 0.2) is 0 Å². The molecule has 1 aromatic rings. The Balaban J connectivity index is 2.50. The normalized spacial score (nSPS) is 11.1. The van der Waals surface area contributed by atoms with E-state index < -0.39 is 11.7 Å². The Labute approximate surface area is 99.6 Å². The lowest BCUT2D eigenvalue weighted by atomic mass is 10.2. The van der Waals surface area contributed by atoms with E-state index in [2.05, 4.69) is 14.7 Å². The van der Waals surface area contributed by atoms with Gasteiger partial charge in [-0.15, -0.1) is 0 Å². The van der Waals surface area contributed by atoms with Crippen molar-refractivity contribution < 1.29 is 9.53 Å². The molecule has 0 aliphatic rings. The van der Waals surface area contributed by atoms with Crippen molar-refractivity contribution in [2.45, 2.75) is 26.4 Å². The highest BCUT2D eigenvalue weighted by Gasteiger charge is 2.17. The summed E-state index contributed by atoms with van der Waals surface area (Å²) in [5.41, 5.74) is -0.498. The number of carbonyl (C=O) groups is 1. The Morgan fingerprint density at radius 2 is 2.21 bits per heavy atom. The maximum atomic E-state index is 11.2. The number of rotatable bonds is 1. The second-order valence-electron chi connectivity index (χ2n) is 3.50. The van der Waals surface area contributed by atoms with E-state index in [4.69, 9.17) is 4.74 Å². The van der Waals surface area contributed by atoms with Crippen molar-refractivity contribution in [2.24, 2.45) is 0 Å². The van der Waals surface area contributed by atoms with Gasteiger partial charge < -0.3 is 4.74 Å². The van der Waals surface area contributed by atoms with E-state index in [1.807, 2.05) is 22.6 Å². The quantitative estimate of drug-likeness (QED) is 0.805. The zero-order valence-electron chi connectivity index (χ0n) is 8.00. The number of hydrogen-bond donors (Lipinski definition) is 1. The fourth-order valence-corrected chi connectivity index (χ4v) is 1.81. The van der Waals surface area contributed by atoms with Gasteiger partial charge in [-0.05, 0) is 20.8 Å². The summed E-state index contributed by atoms with van der Waals surface area (Å²) in [4.78, 5) is 15.2. The predicted molar refractivity (Wildman–Crippen MR) is 62.5 cm³/mol. The third-order valence-electron chi connectivity index (χ3n) is 1.01. The Hall–Kier alpha value is -0.440. The first-order valence-corrected chi connectivity index (χ1v) is 5.71. The zero-order valence-corrected chi connectivity index (χ0v) is 11.0. The monoisotopic (exact) mass is 327 g/mol. The summed E-state index contributed by atoms with van der Waals surface area (Å²) >= 11 is 3.10. The van der Waals surface area contributed by atoms with E-state index in [9.17, 15) is 4.79 Å². The first-order chi connectivity index (χ1) is 6.37. The highest BCUT2D eigenvalue weighted by Crippen LogP contribution is 2.14. The Kier molecular flexibility index (Phi) is 3.65. The molecule has 0 radical (unpaired) electrons. The second kappa shape index (κ2) is 4.39. The van der Waals surface area contributed by atoms with Crippen LogP contribution in [0.1, 0.15) is 20.8 Å². The zero-order chi connectivity index (χ0) is 10.8. The highest BCUT2D eigenvalue weighted by molar-refractivity contribution is 14.1. The summed E-state index contributed by atoms with van der Waals surface area (Å²) in [6.45, 7) is 5.41. The molecule has 0 saturated carbocycles. The number of ether oxygens (including phenoxy) is 1. The molecule has 0 fully saturated rings. The molecule has 1 amide bonds. The number of anilines is 1. The van der Waals surface area contributed by atoms with Gasteiger partial charge in [-0.2, -0.15) is 9.36 Å². The molecule has 1 aromatic heterocycles. The smallest absolute Gasteiger partial charge is 0.414 e. The van der Waals surface area contributed by atoms with Crippen LogP contribution in [0.25, 0.3) is 0 Å². The molecule has 0 spiro atoms. The van der Waals surface area contributed by atoms with Gasteiger partial charge in [-0.1, -0.05) is 0 Å². The summed E-state index contributed by atoms with van der Waals surface area (Å²) in [7, 11) is 0. The van der Waals surface area contributed by atoms with Gasteiger partial charge in [-0.3, -0.25) is 5.32 Å². The van der Waals surface area contributed by atoms with Gasteiger partial charge in [0.05, 0.1) is 0 Å². The molecule has 1 heterocycles. The largest absolute Gasteiger partial charge is 0.444 e. The molecule has 0 aliphatic carbocycles. The molecule has 1 N–H and O–H groups in total. The molecular weight excluding hydrogens is 317 g/mol. The molecule has 78 valence electrons. The van der Waals surface area contributed by atoms with Crippen molar-refractivity contribution >= 4 is 45.3 Å². The van der Waals surface area contributed by atoms with Crippen molar-refractivity contribution in [3.63, 3.8) is 0 Å². The molecular formula is C7H10IN3O2S. The fraction of sp³-hybridized carbons (Fsp3) is 0.571. The number of amides is 1. The first kappa shape index (κ1) is 11.6. The van der Waals surface area contributed by atoms with Crippen LogP contribution in [0.4, 0.5) is 9.93 Å². The second-order valence-corrected chi connectivity index (χ2v) is 5.21. The van der Waals surface area contributed by atoms with Gasteiger partial charge in [-0.25, -0.2) is 4.79 Å². The van der Waals surface area contributed by atoms with Crippen molar-refractivity contribution in [1.29, 1.82) is 0 Å². The Morgan fingerprint density at radius 1 is 1.57 bits per heavy atom. The van der Waals surface area contributed by atoms with Gasteiger partial charge in [0, 0.05) is 34.1 Å². The van der Waals surface area contributed by atoms with Gasteiger partial charge in [0.25, 0.3) is 0 Å². The summed E-state index contributed by atoms with van der Waals surface area (Å²) < 4.78 is 9.56. The third-order valence-corrected chi connectivity index (χ3v) is 2.45. The predicted octanol–water partition coefficient (Wildman–Crippen LogP) is 2.49. The van der Waals surface area contributed by atoms with Crippen LogP contribution in [0.5, 0.6) is 0 Å². The van der Waals surface area contributed by atoms with E-state index in [1.165, 1.54) is 0 Å². The van der Waals surface area contributed by atoms with Crippen LogP contribution in [0.3, 0.4) is 0 Å². The number of hydrogen-bond acceptors (Lipinski definition) is 5. The third kappa shape index (κ3) is 4.18. The van der Waals surface area contributed by atoms with Crippen LogP contribution in [0.2, 0.25) is 0 Å². The SMILES string of the molecule is CC(C)(C)OC(=O)Nc1nc(I)ns1. The maximum absolute atomic E-state index is 11.2. The molecule has 0 bridgehead atoms. The molecule has 1 rings (SSSR count). The van der Waals surface area contributed by atoms with Crippen LogP contribution < -0.4 is 5.32 Å². The number of aromatic nitrogens is 2. The molecule has 0 atom stereocenters. The molecule has 5 nitrogen and oxygen atoms in total. The maximum Gasteiger partial charge on any atom is 0.414 e. The van der Waals surface area contributed by atoms with Gasteiger partial charge in [0.2, 0.25) is 8.96 Å².